The molecule has 13 heteroatoms. The van der Waals surface area contributed by atoms with Crippen LogP contribution < -0.4 is 4.72 Å². The van der Waals surface area contributed by atoms with Crippen molar-refractivity contribution < 1.29 is 22.6 Å². The van der Waals surface area contributed by atoms with Gasteiger partial charge < -0.3 is 14.2 Å². The molecule has 3 rings (SSSR count). The van der Waals surface area contributed by atoms with E-state index in [1.807, 2.05) is 13.8 Å². The van der Waals surface area contributed by atoms with Crippen LogP contribution in [0.3, 0.4) is 0 Å². The second kappa shape index (κ2) is 9.96. The molecule has 0 spiro atoms. The van der Waals surface area contributed by atoms with Gasteiger partial charge in [-0.1, -0.05) is 11.6 Å². The van der Waals surface area contributed by atoms with Gasteiger partial charge in [-0.25, -0.2) is 18.4 Å². The summed E-state index contributed by atoms with van der Waals surface area (Å²) in [6.45, 7) is 6.24. The van der Waals surface area contributed by atoms with Crippen molar-refractivity contribution in [3.8, 4) is 0 Å². The first kappa shape index (κ1) is 24.8. The zero-order valence-corrected chi connectivity index (χ0v) is 20.4. The lowest BCUT2D eigenvalue weighted by Gasteiger charge is -2.22. The van der Waals surface area contributed by atoms with E-state index in [9.17, 15) is 8.42 Å². The molecule has 2 aromatic rings. The third-order valence-electron chi connectivity index (χ3n) is 5.35. The highest BCUT2D eigenvalue weighted by molar-refractivity contribution is 7.93. The molecule has 2 unspecified atom stereocenters. The SMILES string of the molecule is COCCn1c(NS(=O)(=O)C(C)C(OC)c2ncc(Cl)cn2)nnc1[C@@H]1CCC(C)(C)O1. The molecule has 1 N–H and O–H groups in total. The summed E-state index contributed by atoms with van der Waals surface area (Å²) in [5.74, 6) is 0.851. The van der Waals surface area contributed by atoms with Gasteiger partial charge in [-0.3, -0.25) is 9.29 Å². The molecule has 2 aromatic heterocycles. The topological polar surface area (TPSA) is 130 Å². The molecule has 3 heterocycles. The summed E-state index contributed by atoms with van der Waals surface area (Å²) in [7, 11) is -0.991. The van der Waals surface area contributed by atoms with Crippen molar-refractivity contribution in [1.82, 2.24) is 24.7 Å². The number of anilines is 1. The number of nitrogens with zero attached hydrogens (tertiary/aromatic N) is 5. The third-order valence-corrected chi connectivity index (χ3v) is 7.24. The molecule has 1 aliphatic heterocycles. The van der Waals surface area contributed by atoms with Crippen molar-refractivity contribution in [3.05, 3.63) is 29.1 Å². The third kappa shape index (κ3) is 5.54. The lowest BCUT2D eigenvalue weighted by Crippen LogP contribution is -2.33. The van der Waals surface area contributed by atoms with Gasteiger partial charge in [-0.2, -0.15) is 0 Å². The van der Waals surface area contributed by atoms with Crippen molar-refractivity contribution in [2.24, 2.45) is 0 Å². The molecule has 0 aliphatic carbocycles. The van der Waals surface area contributed by atoms with Crippen LogP contribution in [0.4, 0.5) is 5.95 Å². The number of nitrogens with one attached hydrogen (secondary N) is 1. The van der Waals surface area contributed by atoms with E-state index < -0.39 is 21.4 Å². The van der Waals surface area contributed by atoms with Crippen molar-refractivity contribution in [1.29, 1.82) is 0 Å². The normalized spacial score (nSPS) is 20.2. The fourth-order valence-corrected chi connectivity index (χ4v) is 4.80. The molecular weight excluding hydrogens is 460 g/mol. The average molecular weight is 489 g/mol. The van der Waals surface area contributed by atoms with Gasteiger partial charge in [0.1, 0.15) is 17.5 Å². The molecule has 0 amide bonds. The molecule has 0 bridgehead atoms. The van der Waals surface area contributed by atoms with Crippen LogP contribution in [-0.4, -0.2) is 64.8 Å². The Morgan fingerprint density at radius 2 is 2.00 bits per heavy atom. The van der Waals surface area contributed by atoms with E-state index in [1.165, 1.54) is 26.4 Å². The first-order valence-electron chi connectivity index (χ1n) is 10.2. The Morgan fingerprint density at radius 1 is 1.31 bits per heavy atom. The van der Waals surface area contributed by atoms with E-state index in [0.717, 1.165) is 12.8 Å². The van der Waals surface area contributed by atoms with Crippen LogP contribution in [0.15, 0.2) is 12.4 Å². The minimum Gasteiger partial charge on any atom is -0.383 e. The van der Waals surface area contributed by atoms with Gasteiger partial charge >= 0.3 is 0 Å². The zero-order chi connectivity index (χ0) is 23.5. The number of rotatable bonds is 10. The molecule has 1 fully saturated rings. The van der Waals surface area contributed by atoms with E-state index >= 15 is 0 Å². The van der Waals surface area contributed by atoms with Gasteiger partial charge in [0.15, 0.2) is 11.6 Å². The van der Waals surface area contributed by atoms with Gasteiger partial charge in [0, 0.05) is 26.6 Å². The van der Waals surface area contributed by atoms with Gasteiger partial charge in [0.2, 0.25) is 16.0 Å². The summed E-state index contributed by atoms with van der Waals surface area (Å²) in [6, 6.07) is 0. The standard InChI is InChI=1S/C19H29ClN6O5S/c1-12(15(30-5)16-21-10-13(20)11-22-16)32(27,28)25-18-24-23-17(26(18)8-9-29-4)14-6-7-19(2,3)31-14/h10-12,14-15H,6-9H2,1-5H3,(H,24,25)/t12?,14-,15?/m0/s1. The van der Waals surface area contributed by atoms with E-state index in [1.54, 1.807) is 11.7 Å². The molecular formula is C19H29ClN6O5S. The van der Waals surface area contributed by atoms with Crippen LogP contribution in [0.1, 0.15) is 57.5 Å². The predicted octanol–water partition coefficient (Wildman–Crippen LogP) is 2.52. The summed E-state index contributed by atoms with van der Waals surface area (Å²) in [4.78, 5) is 8.19. The van der Waals surface area contributed by atoms with Crippen molar-refractivity contribution in [2.45, 2.75) is 63.2 Å². The maximum atomic E-state index is 13.2. The van der Waals surface area contributed by atoms with E-state index in [-0.39, 0.29) is 23.5 Å². The van der Waals surface area contributed by atoms with Gasteiger partial charge in [0.25, 0.3) is 0 Å². The lowest BCUT2D eigenvalue weighted by atomic mass is 10.1. The number of ether oxygens (including phenoxy) is 3. The number of aromatic nitrogens is 5. The van der Waals surface area contributed by atoms with Crippen LogP contribution in [0.25, 0.3) is 0 Å². The molecule has 178 valence electrons. The average Bonchev–Trinajstić information content (AvgIpc) is 3.30. The molecule has 0 saturated carbocycles. The maximum Gasteiger partial charge on any atom is 0.240 e. The Bertz CT molecular complexity index is 1010. The highest BCUT2D eigenvalue weighted by atomic mass is 35.5. The number of methoxy groups -OCH3 is 2. The molecule has 3 atom stereocenters. The van der Waals surface area contributed by atoms with Crippen molar-refractivity contribution in [3.63, 3.8) is 0 Å². The van der Waals surface area contributed by atoms with E-state index in [2.05, 4.69) is 24.9 Å². The minimum atomic E-state index is -3.96. The Balaban J connectivity index is 1.86. The smallest absolute Gasteiger partial charge is 0.240 e. The second-order valence-electron chi connectivity index (χ2n) is 8.20. The summed E-state index contributed by atoms with van der Waals surface area (Å²) >= 11 is 5.83. The number of halogens is 1. The van der Waals surface area contributed by atoms with E-state index in [0.29, 0.717) is 24.0 Å². The highest BCUT2D eigenvalue weighted by Crippen LogP contribution is 2.39. The second-order valence-corrected chi connectivity index (χ2v) is 10.7. The molecule has 1 aliphatic rings. The minimum absolute atomic E-state index is 0.0871. The fourth-order valence-electron chi connectivity index (χ4n) is 3.55. The van der Waals surface area contributed by atoms with Crippen LogP contribution in [0, 0.1) is 0 Å². The largest absolute Gasteiger partial charge is 0.383 e. The predicted molar refractivity (Wildman–Crippen MR) is 118 cm³/mol. The zero-order valence-electron chi connectivity index (χ0n) is 18.8. The summed E-state index contributed by atoms with van der Waals surface area (Å²) < 4.78 is 47.3. The van der Waals surface area contributed by atoms with Gasteiger partial charge in [-0.05, 0) is 33.6 Å². The van der Waals surface area contributed by atoms with Crippen molar-refractivity contribution in [2.75, 3.05) is 25.5 Å². The van der Waals surface area contributed by atoms with Crippen LogP contribution in [0.5, 0.6) is 0 Å². The first-order valence-corrected chi connectivity index (χ1v) is 12.1. The number of sulfonamides is 1. The Labute approximate surface area is 192 Å². The Morgan fingerprint density at radius 3 is 2.56 bits per heavy atom. The molecule has 1 saturated heterocycles. The quantitative estimate of drug-likeness (QED) is 0.535. The van der Waals surface area contributed by atoms with E-state index in [4.69, 9.17) is 25.8 Å². The number of hydrogen-bond acceptors (Lipinski definition) is 9. The van der Waals surface area contributed by atoms with Crippen molar-refractivity contribution >= 4 is 27.6 Å². The lowest BCUT2D eigenvalue weighted by molar-refractivity contribution is -0.0217. The first-order chi connectivity index (χ1) is 15.1. The number of hydrogen-bond donors (Lipinski definition) is 1. The van der Waals surface area contributed by atoms with Crippen LogP contribution in [-0.2, 0) is 30.8 Å². The monoisotopic (exact) mass is 488 g/mol. The van der Waals surface area contributed by atoms with Gasteiger partial charge in [-0.15, -0.1) is 10.2 Å². The molecule has 0 aromatic carbocycles. The summed E-state index contributed by atoms with van der Waals surface area (Å²) in [5.41, 5.74) is -0.277. The van der Waals surface area contributed by atoms with Crippen LogP contribution in [0.2, 0.25) is 5.02 Å². The Kier molecular flexibility index (Phi) is 7.71. The van der Waals surface area contributed by atoms with Crippen LogP contribution >= 0.6 is 11.6 Å². The summed E-state index contributed by atoms with van der Waals surface area (Å²) in [5, 5.41) is 7.63. The maximum absolute atomic E-state index is 13.2. The molecule has 0 radical (unpaired) electrons. The fraction of sp³-hybridized carbons (Fsp3) is 0.684. The Hall–Kier alpha value is -1.86. The molecule has 11 nitrogen and oxygen atoms in total. The molecule has 32 heavy (non-hydrogen) atoms. The van der Waals surface area contributed by atoms with Gasteiger partial charge in [0.05, 0.1) is 23.8 Å². The highest BCUT2D eigenvalue weighted by Gasteiger charge is 2.37. The summed E-state index contributed by atoms with van der Waals surface area (Å²) in [6.07, 6.45) is 3.21.